The van der Waals surface area contributed by atoms with Gasteiger partial charge in [0.05, 0.1) is 32.7 Å². The highest BCUT2D eigenvalue weighted by molar-refractivity contribution is 6.08. The zero-order valence-electron chi connectivity index (χ0n) is 14.8. The van der Waals surface area contributed by atoms with Gasteiger partial charge in [0.1, 0.15) is 12.3 Å². The maximum absolute atomic E-state index is 12.7. The van der Waals surface area contributed by atoms with E-state index in [2.05, 4.69) is 4.98 Å². The number of carbonyl (C=O) groups excluding carboxylic acids is 2. The van der Waals surface area contributed by atoms with Crippen LogP contribution in [-0.2, 0) is 9.53 Å². The first-order chi connectivity index (χ1) is 12.1. The van der Waals surface area contributed by atoms with Gasteiger partial charge in [-0.3, -0.25) is 9.59 Å². The Balaban J connectivity index is 1.61. The summed E-state index contributed by atoms with van der Waals surface area (Å²) < 4.78 is 10.3. The normalized spacial score (nSPS) is 20.4. The van der Waals surface area contributed by atoms with Gasteiger partial charge in [-0.25, -0.2) is 0 Å². The molecule has 134 valence electrons. The SMILES string of the molecule is CCOC(=O)C1CC[NH+](CC(=O)c2c[nH]c3cc(OC)ccc23)CC1. The molecule has 0 radical (unpaired) electrons. The monoisotopic (exact) mass is 345 g/mol. The van der Waals surface area contributed by atoms with E-state index < -0.39 is 0 Å². The molecule has 0 bridgehead atoms. The van der Waals surface area contributed by atoms with E-state index >= 15 is 0 Å². The van der Waals surface area contributed by atoms with Crippen LogP contribution in [0.3, 0.4) is 0 Å². The van der Waals surface area contributed by atoms with Crippen molar-refractivity contribution in [1.29, 1.82) is 0 Å². The molecular weight excluding hydrogens is 320 g/mol. The third-order valence-corrected chi connectivity index (χ3v) is 4.91. The Kier molecular flexibility index (Phi) is 5.38. The molecule has 1 aromatic carbocycles. The van der Waals surface area contributed by atoms with E-state index in [9.17, 15) is 9.59 Å². The van der Waals surface area contributed by atoms with Crippen molar-refractivity contribution in [1.82, 2.24) is 4.98 Å². The van der Waals surface area contributed by atoms with E-state index in [1.165, 1.54) is 4.90 Å². The average Bonchev–Trinajstić information content (AvgIpc) is 3.05. The number of rotatable bonds is 6. The van der Waals surface area contributed by atoms with Gasteiger partial charge in [-0.05, 0) is 19.1 Å². The number of hydrogen-bond acceptors (Lipinski definition) is 4. The summed E-state index contributed by atoms with van der Waals surface area (Å²) in [4.78, 5) is 28.9. The lowest BCUT2D eigenvalue weighted by Gasteiger charge is -2.27. The lowest BCUT2D eigenvalue weighted by Crippen LogP contribution is -3.14. The molecule has 0 unspecified atom stereocenters. The fourth-order valence-corrected chi connectivity index (χ4v) is 3.48. The number of ketones is 1. The third kappa shape index (κ3) is 3.85. The fourth-order valence-electron chi connectivity index (χ4n) is 3.48. The van der Waals surface area contributed by atoms with E-state index in [1.807, 2.05) is 25.1 Å². The lowest BCUT2D eigenvalue weighted by molar-refractivity contribution is -0.897. The second-order valence-corrected chi connectivity index (χ2v) is 6.49. The van der Waals surface area contributed by atoms with Gasteiger partial charge >= 0.3 is 5.97 Å². The molecule has 6 nitrogen and oxygen atoms in total. The number of methoxy groups -OCH3 is 1. The Morgan fingerprint density at radius 1 is 1.28 bits per heavy atom. The molecule has 0 atom stereocenters. The maximum Gasteiger partial charge on any atom is 0.309 e. The van der Waals surface area contributed by atoms with Crippen LogP contribution in [0.15, 0.2) is 24.4 Å². The molecule has 1 fully saturated rings. The molecule has 2 N–H and O–H groups in total. The molecule has 1 aliphatic rings. The van der Waals surface area contributed by atoms with E-state index in [-0.39, 0.29) is 17.7 Å². The summed E-state index contributed by atoms with van der Waals surface area (Å²) in [5.41, 5.74) is 1.62. The van der Waals surface area contributed by atoms with Gasteiger partial charge in [-0.15, -0.1) is 0 Å². The van der Waals surface area contributed by atoms with Gasteiger partial charge in [-0.1, -0.05) is 0 Å². The van der Waals surface area contributed by atoms with Gasteiger partial charge in [0.2, 0.25) is 5.78 Å². The molecule has 1 aliphatic heterocycles. The quantitative estimate of drug-likeness (QED) is 0.610. The van der Waals surface area contributed by atoms with Crippen LogP contribution in [-0.4, -0.2) is 50.1 Å². The van der Waals surface area contributed by atoms with Crippen molar-refractivity contribution in [3.05, 3.63) is 30.0 Å². The molecule has 2 heterocycles. The number of benzene rings is 1. The minimum absolute atomic E-state index is 0.0145. The number of fused-ring (bicyclic) bond motifs is 1. The van der Waals surface area contributed by atoms with Gasteiger partial charge < -0.3 is 19.4 Å². The van der Waals surface area contributed by atoms with Gasteiger partial charge in [0.15, 0.2) is 0 Å². The average molecular weight is 345 g/mol. The Labute approximate surface area is 147 Å². The third-order valence-electron chi connectivity index (χ3n) is 4.91. The van der Waals surface area contributed by atoms with Crippen LogP contribution in [0.25, 0.3) is 10.9 Å². The topological polar surface area (TPSA) is 72.8 Å². The highest BCUT2D eigenvalue weighted by atomic mass is 16.5. The van der Waals surface area contributed by atoms with Crippen LogP contribution in [0.1, 0.15) is 30.1 Å². The van der Waals surface area contributed by atoms with Crippen molar-refractivity contribution in [2.45, 2.75) is 19.8 Å². The van der Waals surface area contributed by atoms with Crippen LogP contribution in [0.5, 0.6) is 5.75 Å². The molecule has 2 aromatic rings. The van der Waals surface area contributed by atoms with E-state index in [0.717, 1.165) is 48.1 Å². The molecule has 6 heteroatoms. The number of piperidine rings is 1. The predicted octanol–water partition coefficient (Wildman–Crippen LogP) is 1.22. The standard InChI is InChI=1S/C19H24N2O4/c1-3-25-19(23)13-6-8-21(9-7-13)12-18(22)16-11-20-17-10-14(24-2)4-5-15(16)17/h4-5,10-11,13,20H,3,6-9,12H2,1-2H3/p+1. The number of aromatic nitrogens is 1. The number of hydrogen-bond donors (Lipinski definition) is 2. The van der Waals surface area contributed by atoms with Crippen LogP contribution in [0, 0.1) is 5.92 Å². The minimum atomic E-state index is -0.0987. The number of Topliss-reactive ketones (excluding diaryl/α,β-unsaturated/α-hetero) is 1. The van der Waals surface area contributed by atoms with Crippen LogP contribution >= 0.6 is 0 Å². The molecule has 3 rings (SSSR count). The summed E-state index contributed by atoms with van der Waals surface area (Å²) in [6.07, 6.45) is 3.34. The maximum atomic E-state index is 12.7. The molecule has 0 spiro atoms. The zero-order chi connectivity index (χ0) is 17.8. The van der Waals surface area contributed by atoms with E-state index in [4.69, 9.17) is 9.47 Å². The molecule has 1 aromatic heterocycles. The Hall–Kier alpha value is -2.34. The van der Waals surface area contributed by atoms with E-state index in [1.54, 1.807) is 13.3 Å². The molecule has 1 saturated heterocycles. The first-order valence-electron chi connectivity index (χ1n) is 8.81. The lowest BCUT2D eigenvalue weighted by atomic mass is 9.96. The minimum Gasteiger partial charge on any atom is -0.497 e. The van der Waals surface area contributed by atoms with Crippen molar-refractivity contribution >= 4 is 22.7 Å². The first kappa shape index (κ1) is 17.5. The van der Waals surface area contributed by atoms with Crippen LogP contribution in [0.2, 0.25) is 0 Å². The number of aromatic amines is 1. The van der Waals surface area contributed by atoms with Gasteiger partial charge in [0, 0.05) is 41.6 Å². The number of esters is 1. The fraction of sp³-hybridized carbons (Fsp3) is 0.474. The Bertz CT molecular complexity index is 760. The number of likely N-dealkylation sites (tertiary alicyclic amines) is 1. The molecular formula is C19H25N2O4+. The summed E-state index contributed by atoms with van der Waals surface area (Å²) in [6.45, 7) is 4.36. The Morgan fingerprint density at radius 2 is 2.04 bits per heavy atom. The predicted molar refractivity (Wildman–Crippen MR) is 94.1 cm³/mol. The molecule has 0 aliphatic carbocycles. The Morgan fingerprint density at radius 3 is 2.72 bits per heavy atom. The van der Waals surface area contributed by atoms with Crippen molar-refractivity contribution in [2.75, 3.05) is 33.4 Å². The summed E-state index contributed by atoms with van der Waals surface area (Å²) in [5.74, 6) is 0.777. The van der Waals surface area contributed by atoms with Crippen molar-refractivity contribution in [3.63, 3.8) is 0 Å². The smallest absolute Gasteiger partial charge is 0.309 e. The summed E-state index contributed by atoms with van der Waals surface area (Å²) in [5, 5.41) is 0.923. The van der Waals surface area contributed by atoms with Gasteiger partial charge in [0.25, 0.3) is 0 Å². The second-order valence-electron chi connectivity index (χ2n) is 6.49. The van der Waals surface area contributed by atoms with Crippen LogP contribution in [0.4, 0.5) is 0 Å². The molecule has 25 heavy (non-hydrogen) atoms. The number of quaternary nitrogens is 1. The number of H-pyrrole nitrogens is 1. The summed E-state index contributed by atoms with van der Waals surface area (Å²) >= 11 is 0. The van der Waals surface area contributed by atoms with E-state index in [0.29, 0.717) is 13.2 Å². The largest absolute Gasteiger partial charge is 0.497 e. The number of ether oxygens (including phenoxy) is 2. The molecule has 0 saturated carbocycles. The summed E-state index contributed by atoms with van der Waals surface area (Å²) in [6, 6.07) is 5.68. The number of carbonyl (C=O) groups is 2. The second kappa shape index (κ2) is 7.70. The highest BCUT2D eigenvalue weighted by Crippen LogP contribution is 2.23. The summed E-state index contributed by atoms with van der Waals surface area (Å²) in [7, 11) is 1.62. The first-order valence-corrected chi connectivity index (χ1v) is 8.81. The number of nitrogens with one attached hydrogen (secondary N) is 2. The zero-order valence-corrected chi connectivity index (χ0v) is 14.8. The van der Waals surface area contributed by atoms with Crippen molar-refractivity contribution in [2.24, 2.45) is 5.92 Å². The van der Waals surface area contributed by atoms with Crippen molar-refractivity contribution < 1.29 is 24.0 Å². The van der Waals surface area contributed by atoms with Crippen molar-refractivity contribution in [3.8, 4) is 5.75 Å². The molecule has 0 amide bonds. The van der Waals surface area contributed by atoms with Crippen LogP contribution < -0.4 is 9.64 Å². The van der Waals surface area contributed by atoms with Gasteiger partial charge in [-0.2, -0.15) is 0 Å². The highest BCUT2D eigenvalue weighted by Gasteiger charge is 2.29.